The minimum absolute atomic E-state index is 0.181. The average molecular weight is 406 g/mol. The lowest BCUT2D eigenvalue weighted by Crippen LogP contribution is -2.07. The molecule has 1 aromatic heterocycles. The highest BCUT2D eigenvalue weighted by Crippen LogP contribution is 2.30. The number of ether oxygens (including phenoxy) is 1. The standard InChI is InChI=1S/C25H24ClNO2/c1-2-29-25(28)15-18-8-6-17(7-9-18)14-20-16-24(19-10-12-21(26)13-11-19)27-23-5-3-4-22(20)23/h6-13,16H,2-5,14-15H2,1H3. The molecule has 0 unspecified atom stereocenters. The van der Waals surface area contributed by atoms with Crippen LogP contribution in [0.15, 0.2) is 54.6 Å². The summed E-state index contributed by atoms with van der Waals surface area (Å²) in [5.74, 6) is -0.181. The van der Waals surface area contributed by atoms with Gasteiger partial charge in [0, 0.05) is 16.3 Å². The number of hydrogen-bond acceptors (Lipinski definition) is 3. The molecule has 148 valence electrons. The maximum Gasteiger partial charge on any atom is 0.310 e. The van der Waals surface area contributed by atoms with Crippen molar-refractivity contribution in [2.45, 2.75) is 39.0 Å². The van der Waals surface area contributed by atoms with Crippen LogP contribution in [0, 0.1) is 0 Å². The molecule has 0 atom stereocenters. The minimum Gasteiger partial charge on any atom is -0.466 e. The molecule has 0 aliphatic heterocycles. The normalized spacial score (nSPS) is 12.6. The number of carbonyl (C=O) groups excluding carboxylic acids is 1. The topological polar surface area (TPSA) is 39.2 Å². The maximum atomic E-state index is 11.7. The lowest BCUT2D eigenvalue weighted by atomic mass is 9.96. The monoisotopic (exact) mass is 405 g/mol. The Morgan fingerprint density at radius 2 is 1.76 bits per heavy atom. The third kappa shape index (κ3) is 4.68. The zero-order chi connectivity index (χ0) is 20.2. The predicted molar refractivity (Wildman–Crippen MR) is 116 cm³/mol. The number of pyridine rings is 1. The first-order valence-corrected chi connectivity index (χ1v) is 10.5. The van der Waals surface area contributed by atoms with Gasteiger partial charge in [-0.05, 0) is 73.1 Å². The molecule has 1 heterocycles. The highest BCUT2D eigenvalue weighted by molar-refractivity contribution is 6.30. The van der Waals surface area contributed by atoms with Gasteiger partial charge in [0.15, 0.2) is 0 Å². The largest absolute Gasteiger partial charge is 0.466 e. The SMILES string of the molecule is CCOC(=O)Cc1ccc(Cc2cc(-c3ccc(Cl)cc3)nc3c2CCC3)cc1. The molecule has 0 amide bonds. The summed E-state index contributed by atoms with van der Waals surface area (Å²) < 4.78 is 5.03. The van der Waals surface area contributed by atoms with Gasteiger partial charge in [0.05, 0.1) is 18.7 Å². The molecule has 0 fully saturated rings. The van der Waals surface area contributed by atoms with Crippen LogP contribution in [0.3, 0.4) is 0 Å². The van der Waals surface area contributed by atoms with E-state index >= 15 is 0 Å². The number of carbonyl (C=O) groups is 1. The van der Waals surface area contributed by atoms with E-state index in [1.807, 2.05) is 43.3 Å². The quantitative estimate of drug-likeness (QED) is 0.502. The Morgan fingerprint density at radius 1 is 1.03 bits per heavy atom. The highest BCUT2D eigenvalue weighted by atomic mass is 35.5. The summed E-state index contributed by atoms with van der Waals surface area (Å²) in [6.07, 6.45) is 4.49. The van der Waals surface area contributed by atoms with Gasteiger partial charge in [0.1, 0.15) is 0 Å². The van der Waals surface area contributed by atoms with Crippen molar-refractivity contribution in [3.8, 4) is 11.3 Å². The van der Waals surface area contributed by atoms with E-state index in [0.29, 0.717) is 13.0 Å². The van der Waals surface area contributed by atoms with Gasteiger partial charge in [0.25, 0.3) is 0 Å². The van der Waals surface area contributed by atoms with Crippen molar-refractivity contribution in [3.05, 3.63) is 87.6 Å². The number of aryl methyl sites for hydroxylation is 1. The van der Waals surface area contributed by atoms with E-state index in [-0.39, 0.29) is 5.97 Å². The molecule has 0 bridgehead atoms. The van der Waals surface area contributed by atoms with Crippen molar-refractivity contribution in [1.82, 2.24) is 4.98 Å². The lowest BCUT2D eigenvalue weighted by Gasteiger charge is -2.12. The van der Waals surface area contributed by atoms with E-state index in [9.17, 15) is 4.79 Å². The van der Waals surface area contributed by atoms with E-state index in [4.69, 9.17) is 21.3 Å². The number of rotatable bonds is 6. The van der Waals surface area contributed by atoms with Crippen molar-refractivity contribution in [2.75, 3.05) is 6.61 Å². The fraction of sp³-hybridized carbons (Fsp3) is 0.280. The first kappa shape index (κ1) is 19.7. The zero-order valence-electron chi connectivity index (χ0n) is 16.6. The summed E-state index contributed by atoms with van der Waals surface area (Å²) in [7, 11) is 0. The zero-order valence-corrected chi connectivity index (χ0v) is 17.3. The minimum atomic E-state index is -0.181. The molecule has 4 rings (SSSR count). The van der Waals surface area contributed by atoms with Crippen LogP contribution < -0.4 is 0 Å². The number of nitrogens with zero attached hydrogens (tertiary/aromatic N) is 1. The number of halogens is 1. The Hall–Kier alpha value is -2.65. The summed E-state index contributed by atoms with van der Waals surface area (Å²) in [5, 5.41) is 0.734. The highest BCUT2D eigenvalue weighted by Gasteiger charge is 2.18. The van der Waals surface area contributed by atoms with Gasteiger partial charge in [-0.15, -0.1) is 0 Å². The van der Waals surface area contributed by atoms with E-state index < -0.39 is 0 Å². The van der Waals surface area contributed by atoms with Gasteiger partial charge in [-0.25, -0.2) is 0 Å². The Balaban J connectivity index is 1.58. The number of aromatic nitrogens is 1. The Bertz CT molecular complexity index is 1010. The number of hydrogen-bond donors (Lipinski definition) is 0. The summed E-state index contributed by atoms with van der Waals surface area (Å²) >= 11 is 6.04. The van der Waals surface area contributed by atoms with Crippen LogP contribution in [0.25, 0.3) is 11.3 Å². The van der Waals surface area contributed by atoms with Crippen LogP contribution in [0.2, 0.25) is 5.02 Å². The summed E-state index contributed by atoms with van der Waals surface area (Å²) in [5.41, 5.74) is 8.29. The van der Waals surface area contributed by atoms with Crippen molar-refractivity contribution >= 4 is 17.6 Å². The molecule has 4 heteroatoms. The van der Waals surface area contributed by atoms with Crippen LogP contribution in [-0.2, 0) is 35.2 Å². The molecule has 3 aromatic rings. The van der Waals surface area contributed by atoms with E-state index in [2.05, 4.69) is 18.2 Å². The molecular formula is C25H24ClNO2. The van der Waals surface area contributed by atoms with Gasteiger partial charge in [-0.2, -0.15) is 0 Å². The van der Waals surface area contributed by atoms with Crippen LogP contribution >= 0.6 is 11.6 Å². The molecular weight excluding hydrogens is 382 g/mol. The summed E-state index contributed by atoms with van der Waals surface area (Å²) in [6, 6.07) is 18.4. The molecule has 1 aliphatic carbocycles. The number of benzene rings is 2. The van der Waals surface area contributed by atoms with Gasteiger partial charge in [0.2, 0.25) is 0 Å². The third-order valence-corrected chi connectivity index (χ3v) is 5.61. The maximum absolute atomic E-state index is 11.7. The molecule has 0 saturated heterocycles. The first-order valence-electron chi connectivity index (χ1n) is 10.1. The summed E-state index contributed by atoms with van der Waals surface area (Å²) in [6.45, 7) is 2.24. The number of fused-ring (bicyclic) bond motifs is 1. The van der Waals surface area contributed by atoms with Crippen molar-refractivity contribution in [1.29, 1.82) is 0 Å². The first-order chi connectivity index (χ1) is 14.1. The van der Waals surface area contributed by atoms with Crippen molar-refractivity contribution < 1.29 is 9.53 Å². The van der Waals surface area contributed by atoms with E-state index in [0.717, 1.165) is 47.5 Å². The van der Waals surface area contributed by atoms with Crippen molar-refractivity contribution in [2.24, 2.45) is 0 Å². The summed E-state index contributed by atoms with van der Waals surface area (Å²) in [4.78, 5) is 16.6. The van der Waals surface area contributed by atoms with Crippen LogP contribution in [0.5, 0.6) is 0 Å². The smallest absolute Gasteiger partial charge is 0.310 e. The molecule has 0 radical (unpaired) electrons. The molecule has 0 saturated carbocycles. The third-order valence-electron chi connectivity index (χ3n) is 5.35. The molecule has 29 heavy (non-hydrogen) atoms. The molecule has 2 aromatic carbocycles. The van der Waals surface area contributed by atoms with Crippen LogP contribution in [0.4, 0.5) is 0 Å². The van der Waals surface area contributed by atoms with Gasteiger partial charge in [-0.3, -0.25) is 9.78 Å². The Labute approximate surface area is 176 Å². The van der Waals surface area contributed by atoms with E-state index in [1.54, 1.807) is 0 Å². The second-order valence-electron chi connectivity index (χ2n) is 7.43. The second-order valence-corrected chi connectivity index (χ2v) is 7.86. The van der Waals surface area contributed by atoms with Crippen LogP contribution in [-0.4, -0.2) is 17.6 Å². The Kier molecular flexibility index (Phi) is 5.96. The Morgan fingerprint density at radius 3 is 2.48 bits per heavy atom. The van der Waals surface area contributed by atoms with Gasteiger partial charge in [-0.1, -0.05) is 48.0 Å². The van der Waals surface area contributed by atoms with Gasteiger partial charge >= 0.3 is 5.97 Å². The fourth-order valence-electron chi connectivity index (χ4n) is 3.93. The van der Waals surface area contributed by atoms with E-state index in [1.165, 1.54) is 22.4 Å². The fourth-order valence-corrected chi connectivity index (χ4v) is 4.05. The lowest BCUT2D eigenvalue weighted by molar-refractivity contribution is -0.142. The molecule has 0 spiro atoms. The van der Waals surface area contributed by atoms with Gasteiger partial charge < -0.3 is 4.74 Å². The predicted octanol–water partition coefficient (Wildman–Crippen LogP) is 5.59. The van der Waals surface area contributed by atoms with Crippen LogP contribution in [0.1, 0.15) is 41.3 Å². The second kappa shape index (κ2) is 8.79. The molecule has 3 nitrogen and oxygen atoms in total. The molecule has 0 N–H and O–H groups in total. The average Bonchev–Trinajstić information content (AvgIpc) is 3.19. The van der Waals surface area contributed by atoms with Crippen molar-refractivity contribution in [3.63, 3.8) is 0 Å². The molecule has 1 aliphatic rings. The number of esters is 1.